The Bertz CT molecular complexity index is 592. The van der Waals surface area contributed by atoms with Crippen LogP contribution in [-0.2, 0) is 16.6 Å². The lowest BCUT2D eigenvalue weighted by molar-refractivity contribution is 0.588. The van der Waals surface area contributed by atoms with E-state index in [0.29, 0.717) is 6.54 Å². The molecule has 7 heteroatoms. The third-order valence-corrected chi connectivity index (χ3v) is 4.57. The molecule has 0 aliphatic carbocycles. The Hall–Kier alpha value is -1.44. The zero-order valence-corrected chi connectivity index (χ0v) is 11.4. The van der Waals surface area contributed by atoms with Crippen LogP contribution in [0.5, 0.6) is 0 Å². The Morgan fingerprint density at radius 3 is 2.56 bits per heavy atom. The average molecular weight is 283 g/mol. The third kappa shape index (κ3) is 3.06. The van der Waals surface area contributed by atoms with Gasteiger partial charge in [0.25, 0.3) is 0 Å². The maximum absolute atomic E-state index is 11.5. The molecule has 18 heavy (non-hydrogen) atoms. The molecule has 0 aliphatic rings. The molecular weight excluding hydrogens is 270 g/mol. The van der Waals surface area contributed by atoms with Gasteiger partial charge in [-0.1, -0.05) is 0 Å². The fourth-order valence-corrected chi connectivity index (χ4v) is 2.67. The number of thiazole rings is 1. The molecule has 2 rings (SSSR count). The molecule has 0 fully saturated rings. The molecule has 0 atom stereocenters. The number of aromatic nitrogens is 1. The van der Waals surface area contributed by atoms with Crippen LogP contribution in [0.3, 0.4) is 0 Å². The van der Waals surface area contributed by atoms with E-state index in [-0.39, 0.29) is 4.90 Å². The number of sulfonamides is 1. The quantitative estimate of drug-likeness (QED) is 0.875. The van der Waals surface area contributed by atoms with Gasteiger partial charge in [0.15, 0.2) is 0 Å². The summed E-state index contributed by atoms with van der Waals surface area (Å²) in [6.45, 7) is 0.635. The van der Waals surface area contributed by atoms with Crippen molar-refractivity contribution in [2.24, 2.45) is 0 Å². The van der Waals surface area contributed by atoms with Crippen molar-refractivity contribution in [2.75, 3.05) is 12.4 Å². The topological polar surface area (TPSA) is 71.1 Å². The highest BCUT2D eigenvalue weighted by Crippen LogP contribution is 2.15. The molecule has 0 spiro atoms. The summed E-state index contributed by atoms with van der Waals surface area (Å²) in [6, 6.07) is 6.60. The number of hydrogen-bond acceptors (Lipinski definition) is 5. The number of anilines is 1. The molecule has 5 nitrogen and oxygen atoms in total. The second-order valence-electron chi connectivity index (χ2n) is 3.51. The van der Waals surface area contributed by atoms with Crippen molar-refractivity contribution in [3.63, 3.8) is 0 Å². The Morgan fingerprint density at radius 1 is 1.28 bits per heavy atom. The van der Waals surface area contributed by atoms with Crippen molar-refractivity contribution in [3.8, 4) is 0 Å². The molecule has 0 amide bonds. The van der Waals surface area contributed by atoms with E-state index in [4.69, 9.17) is 0 Å². The van der Waals surface area contributed by atoms with Gasteiger partial charge in [-0.3, -0.25) is 0 Å². The highest BCUT2D eigenvalue weighted by atomic mass is 32.2. The Kier molecular flexibility index (Phi) is 3.95. The first-order valence-corrected chi connectivity index (χ1v) is 7.64. The van der Waals surface area contributed by atoms with E-state index in [1.54, 1.807) is 41.8 Å². The summed E-state index contributed by atoms with van der Waals surface area (Å²) in [5, 5.41) is 6.08. The fourth-order valence-electron chi connectivity index (χ4n) is 1.39. The molecule has 2 aromatic rings. The summed E-state index contributed by atoms with van der Waals surface area (Å²) < 4.78 is 25.3. The van der Waals surface area contributed by atoms with Crippen molar-refractivity contribution in [1.82, 2.24) is 9.71 Å². The van der Waals surface area contributed by atoms with Crippen molar-refractivity contribution in [1.29, 1.82) is 0 Å². The normalized spacial score (nSPS) is 11.4. The summed E-state index contributed by atoms with van der Waals surface area (Å²) in [4.78, 5) is 4.41. The summed E-state index contributed by atoms with van der Waals surface area (Å²) >= 11 is 1.57. The van der Waals surface area contributed by atoms with E-state index in [1.807, 2.05) is 5.38 Å². The van der Waals surface area contributed by atoms with Crippen LogP contribution >= 0.6 is 11.3 Å². The van der Waals surface area contributed by atoms with Gasteiger partial charge >= 0.3 is 0 Å². The van der Waals surface area contributed by atoms with Crippen molar-refractivity contribution in [3.05, 3.63) is 40.8 Å². The van der Waals surface area contributed by atoms with E-state index in [2.05, 4.69) is 15.0 Å². The fraction of sp³-hybridized carbons (Fsp3) is 0.182. The van der Waals surface area contributed by atoms with Crippen molar-refractivity contribution >= 4 is 27.0 Å². The molecule has 0 aliphatic heterocycles. The molecule has 2 N–H and O–H groups in total. The van der Waals surface area contributed by atoms with Crippen LogP contribution in [0.15, 0.2) is 40.7 Å². The SMILES string of the molecule is CNS(=O)(=O)c1ccc(NCc2nccs2)cc1. The van der Waals surface area contributed by atoms with Crippen molar-refractivity contribution in [2.45, 2.75) is 11.4 Å². The first-order chi connectivity index (χ1) is 8.62. The van der Waals surface area contributed by atoms with Crippen LogP contribution < -0.4 is 10.0 Å². The lowest BCUT2D eigenvalue weighted by atomic mass is 10.3. The Morgan fingerprint density at radius 2 is 2.00 bits per heavy atom. The minimum absolute atomic E-state index is 0.254. The van der Waals surface area contributed by atoms with Crippen LogP contribution in [0.1, 0.15) is 5.01 Å². The number of hydrogen-bond donors (Lipinski definition) is 2. The maximum Gasteiger partial charge on any atom is 0.240 e. The molecule has 0 unspecified atom stereocenters. The molecule has 1 aromatic carbocycles. The smallest absolute Gasteiger partial charge is 0.240 e. The zero-order valence-electron chi connectivity index (χ0n) is 9.75. The number of nitrogens with zero attached hydrogens (tertiary/aromatic N) is 1. The number of rotatable bonds is 5. The van der Waals surface area contributed by atoms with Crippen LogP contribution in [0.4, 0.5) is 5.69 Å². The van der Waals surface area contributed by atoms with Crippen LogP contribution in [0, 0.1) is 0 Å². The summed E-state index contributed by atoms with van der Waals surface area (Å²) in [5.41, 5.74) is 0.861. The first-order valence-electron chi connectivity index (χ1n) is 5.28. The summed E-state index contributed by atoms with van der Waals surface area (Å²) in [5.74, 6) is 0. The molecule has 0 saturated heterocycles. The average Bonchev–Trinajstić information content (AvgIpc) is 2.90. The molecule has 1 heterocycles. The van der Waals surface area contributed by atoms with Gasteiger partial charge in [0.2, 0.25) is 10.0 Å². The predicted molar refractivity (Wildman–Crippen MR) is 72.1 cm³/mol. The summed E-state index contributed by atoms with van der Waals surface area (Å²) in [6.07, 6.45) is 1.75. The van der Waals surface area contributed by atoms with Gasteiger partial charge < -0.3 is 5.32 Å². The Labute approximate surface area is 110 Å². The van der Waals surface area contributed by atoms with Crippen LogP contribution in [0.25, 0.3) is 0 Å². The molecule has 0 saturated carbocycles. The monoisotopic (exact) mass is 283 g/mol. The second kappa shape index (κ2) is 5.47. The molecular formula is C11H13N3O2S2. The minimum Gasteiger partial charge on any atom is -0.379 e. The maximum atomic E-state index is 11.5. The van der Waals surface area contributed by atoms with Gasteiger partial charge in [-0.05, 0) is 31.3 Å². The molecule has 0 bridgehead atoms. The molecule has 96 valence electrons. The lowest BCUT2D eigenvalue weighted by Gasteiger charge is -2.06. The number of nitrogens with one attached hydrogen (secondary N) is 2. The standard InChI is InChI=1S/C11H13N3O2S2/c1-12-18(15,16)10-4-2-9(3-5-10)14-8-11-13-6-7-17-11/h2-7,12,14H,8H2,1H3. The van der Waals surface area contributed by atoms with E-state index in [0.717, 1.165) is 10.7 Å². The van der Waals surface area contributed by atoms with Gasteiger partial charge in [-0.2, -0.15) is 0 Å². The molecule has 0 radical (unpaired) electrons. The highest BCUT2D eigenvalue weighted by molar-refractivity contribution is 7.89. The van der Waals surface area contributed by atoms with Crippen molar-refractivity contribution < 1.29 is 8.42 Å². The van der Waals surface area contributed by atoms with Gasteiger partial charge in [0.05, 0.1) is 11.4 Å². The zero-order chi connectivity index (χ0) is 13.0. The van der Waals surface area contributed by atoms with E-state index in [9.17, 15) is 8.42 Å². The van der Waals surface area contributed by atoms with Gasteiger partial charge in [0, 0.05) is 17.3 Å². The van der Waals surface area contributed by atoms with E-state index >= 15 is 0 Å². The van der Waals surface area contributed by atoms with Gasteiger partial charge in [-0.15, -0.1) is 11.3 Å². The Balaban J connectivity index is 2.04. The van der Waals surface area contributed by atoms with E-state index < -0.39 is 10.0 Å². The second-order valence-corrected chi connectivity index (χ2v) is 6.38. The van der Waals surface area contributed by atoms with Crippen LogP contribution in [-0.4, -0.2) is 20.4 Å². The first kappa shape index (κ1) is 13.0. The van der Waals surface area contributed by atoms with Crippen LogP contribution in [0.2, 0.25) is 0 Å². The highest BCUT2D eigenvalue weighted by Gasteiger charge is 2.10. The van der Waals surface area contributed by atoms with E-state index in [1.165, 1.54) is 7.05 Å². The lowest BCUT2D eigenvalue weighted by Crippen LogP contribution is -2.18. The molecule has 1 aromatic heterocycles. The van der Waals surface area contributed by atoms with Gasteiger partial charge in [-0.25, -0.2) is 18.1 Å². The predicted octanol–water partition coefficient (Wildman–Crippen LogP) is 1.66. The summed E-state index contributed by atoms with van der Waals surface area (Å²) in [7, 11) is -1.97. The largest absolute Gasteiger partial charge is 0.379 e. The van der Waals surface area contributed by atoms with Gasteiger partial charge in [0.1, 0.15) is 5.01 Å². The minimum atomic E-state index is -3.36. The number of benzene rings is 1. The third-order valence-electron chi connectivity index (χ3n) is 2.36.